The molecule has 1 aromatic heterocycles. The SMILES string of the molecule is N#Cc1ccc(N2CCC(Oc3nn[nH]c3C(=O)OC(=O)C(F)(F)F)CC2)cc1. The van der Waals surface area contributed by atoms with Crippen LogP contribution in [0.25, 0.3) is 0 Å². The third-order valence-corrected chi connectivity index (χ3v) is 4.22. The molecule has 1 aliphatic heterocycles. The van der Waals surface area contributed by atoms with Gasteiger partial charge in [0.1, 0.15) is 6.10 Å². The van der Waals surface area contributed by atoms with Crippen molar-refractivity contribution in [1.82, 2.24) is 15.4 Å². The zero-order valence-electron chi connectivity index (χ0n) is 14.8. The van der Waals surface area contributed by atoms with E-state index in [1.807, 2.05) is 18.2 Å². The van der Waals surface area contributed by atoms with Gasteiger partial charge < -0.3 is 14.4 Å². The second-order valence-corrected chi connectivity index (χ2v) is 6.13. The van der Waals surface area contributed by atoms with Crippen LogP contribution in [0.15, 0.2) is 24.3 Å². The molecule has 3 rings (SSSR count). The molecule has 12 heteroatoms. The van der Waals surface area contributed by atoms with Gasteiger partial charge in [-0.25, -0.2) is 14.7 Å². The van der Waals surface area contributed by atoms with Crippen molar-refractivity contribution in [2.75, 3.05) is 18.0 Å². The Kier molecular flexibility index (Phi) is 5.67. The van der Waals surface area contributed by atoms with Crippen molar-refractivity contribution in [3.05, 3.63) is 35.5 Å². The number of esters is 2. The van der Waals surface area contributed by atoms with Crippen LogP contribution in [0.1, 0.15) is 28.9 Å². The monoisotopic (exact) mass is 409 g/mol. The van der Waals surface area contributed by atoms with Crippen LogP contribution in [0.3, 0.4) is 0 Å². The minimum atomic E-state index is -5.30. The maximum absolute atomic E-state index is 12.2. The third kappa shape index (κ3) is 4.81. The summed E-state index contributed by atoms with van der Waals surface area (Å²) in [5.74, 6) is -4.55. The van der Waals surface area contributed by atoms with E-state index in [1.165, 1.54) is 0 Å². The fourth-order valence-corrected chi connectivity index (χ4v) is 2.76. The van der Waals surface area contributed by atoms with E-state index in [-0.39, 0.29) is 12.0 Å². The molecule has 2 heterocycles. The number of aromatic nitrogens is 3. The normalized spacial score (nSPS) is 14.9. The Morgan fingerprint density at radius 3 is 2.45 bits per heavy atom. The van der Waals surface area contributed by atoms with Gasteiger partial charge in [-0.1, -0.05) is 10.3 Å². The van der Waals surface area contributed by atoms with E-state index in [9.17, 15) is 22.8 Å². The van der Waals surface area contributed by atoms with Gasteiger partial charge in [0.05, 0.1) is 11.6 Å². The summed E-state index contributed by atoms with van der Waals surface area (Å²) in [5, 5.41) is 17.8. The first-order chi connectivity index (χ1) is 13.8. The molecule has 1 fully saturated rings. The molecule has 29 heavy (non-hydrogen) atoms. The van der Waals surface area contributed by atoms with Crippen LogP contribution in [0.2, 0.25) is 0 Å². The van der Waals surface area contributed by atoms with Crippen molar-refractivity contribution < 1.29 is 32.2 Å². The first-order valence-electron chi connectivity index (χ1n) is 8.44. The van der Waals surface area contributed by atoms with E-state index in [4.69, 9.17) is 10.00 Å². The number of ether oxygens (including phenoxy) is 2. The summed E-state index contributed by atoms with van der Waals surface area (Å²) in [6, 6.07) is 9.15. The lowest BCUT2D eigenvalue weighted by atomic mass is 10.1. The van der Waals surface area contributed by atoms with Crippen molar-refractivity contribution in [3.8, 4) is 11.9 Å². The average Bonchev–Trinajstić information content (AvgIpc) is 3.16. The lowest BCUT2D eigenvalue weighted by Crippen LogP contribution is -2.38. The molecule has 0 aliphatic carbocycles. The number of rotatable bonds is 4. The highest BCUT2D eigenvalue weighted by molar-refractivity contribution is 5.98. The third-order valence-electron chi connectivity index (χ3n) is 4.22. The van der Waals surface area contributed by atoms with Crippen molar-refractivity contribution in [1.29, 1.82) is 5.26 Å². The highest BCUT2D eigenvalue weighted by Crippen LogP contribution is 2.25. The molecule has 2 aromatic rings. The van der Waals surface area contributed by atoms with Crippen LogP contribution in [0, 0.1) is 11.3 Å². The van der Waals surface area contributed by atoms with Gasteiger partial charge in [0.15, 0.2) is 0 Å². The lowest BCUT2D eigenvalue weighted by Gasteiger charge is -2.33. The van der Waals surface area contributed by atoms with E-state index in [0.29, 0.717) is 31.5 Å². The molecule has 1 saturated heterocycles. The van der Waals surface area contributed by atoms with Gasteiger partial charge in [-0.05, 0) is 24.3 Å². The van der Waals surface area contributed by atoms with Gasteiger partial charge in [-0.15, -0.1) is 0 Å². The number of alkyl halides is 3. The topological polar surface area (TPSA) is 121 Å². The summed E-state index contributed by atoms with van der Waals surface area (Å²) in [6.45, 7) is 1.22. The molecule has 0 unspecified atom stereocenters. The molecule has 0 saturated carbocycles. The minimum Gasteiger partial charge on any atom is -0.471 e. The van der Waals surface area contributed by atoms with Crippen molar-refractivity contribution in [3.63, 3.8) is 0 Å². The van der Waals surface area contributed by atoms with E-state index in [0.717, 1.165) is 5.69 Å². The number of carbonyl (C=O) groups is 2. The van der Waals surface area contributed by atoms with Gasteiger partial charge in [-0.2, -0.15) is 18.4 Å². The predicted molar refractivity (Wildman–Crippen MR) is 89.9 cm³/mol. The number of nitrogens with one attached hydrogen (secondary N) is 1. The average molecular weight is 409 g/mol. The number of H-pyrrole nitrogens is 1. The number of hydrogen-bond donors (Lipinski definition) is 1. The number of piperidine rings is 1. The fourth-order valence-electron chi connectivity index (χ4n) is 2.76. The lowest BCUT2D eigenvalue weighted by molar-refractivity contribution is -0.193. The number of nitrogens with zero attached hydrogens (tertiary/aromatic N) is 4. The standard InChI is InChI=1S/C17H14F3N5O4/c18-17(19,20)16(27)29-15(26)13-14(23-24-22-13)28-12-5-7-25(8-6-12)11-3-1-10(9-21)2-4-11/h1-4,12H,5-8H2,(H,22,23,24). The molecular weight excluding hydrogens is 395 g/mol. The molecule has 9 nitrogen and oxygen atoms in total. The number of hydrogen-bond acceptors (Lipinski definition) is 8. The highest BCUT2D eigenvalue weighted by atomic mass is 19.4. The summed E-state index contributed by atoms with van der Waals surface area (Å²) in [5.41, 5.74) is 0.928. The molecule has 152 valence electrons. The largest absolute Gasteiger partial charge is 0.491 e. The van der Waals surface area contributed by atoms with E-state index in [2.05, 4.69) is 25.0 Å². The number of nitriles is 1. The molecule has 0 spiro atoms. The van der Waals surface area contributed by atoms with Crippen LogP contribution in [-0.2, 0) is 9.53 Å². The van der Waals surface area contributed by atoms with Crippen LogP contribution < -0.4 is 9.64 Å². The summed E-state index contributed by atoms with van der Waals surface area (Å²) in [7, 11) is 0. The Labute approximate surface area is 162 Å². The molecule has 0 atom stereocenters. The number of anilines is 1. The minimum absolute atomic E-state index is 0.332. The number of halogens is 3. The zero-order chi connectivity index (χ0) is 21.0. The maximum atomic E-state index is 12.2. The van der Waals surface area contributed by atoms with Crippen LogP contribution in [0.4, 0.5) is 18.9 Å². The van der Waals surface area contributed by atoms with Gasteiger partial charge in [0.2, 0.25) is 5.69 Å². The Hall–Kier alpha value is -3.62. The second kappa shape index (κ2) is 8.17. The number of aromatic amines is 1. The maximum Gasteiger partial charge on any atom is 0.491 e. The van der Waals surface area contributed by atoms with Gasteiger partial charge in [0, 0.05) is 31.6 Å². The Bertz CT molecular complexity index is 928. The molecule has 1 aliphatic rings. The molecule has 1 aromatic carbocycles. The van der Waals surface area contributed by atoms with E-state index >= 15 is 0 Å². The van der Waals surface area contributed by atoms with Crippen molar-refractivity contribution in [2.24, 2.45) is 0 Å². The number of carbonyl (C=O) groups excluding carboxylic acids is 2. The summed E-state index contributed by atoms with van der Waals surface area (Å²) >= 11 is 0. The molecule has 0 bridgehead atoms. The Balaban J connectivity index is 1.57. The molecule has 0 radical (unpaired) electrons. The molecule has 1 N–H and O–H groups in total. The fraction of sp³-hybridized carbons (Fsp3) is 0.353. The first kappa shape index (κ1) is 20.1. The second-order valence-electron chi connectivity index (χ2n) is 6.13. The summed E-state index contributed by atoms with van der Waals surface area (Å²) in [4.78, 5) is 24.6. The quantitative estimate of drug-likeness (QED) is 0.601. The van der Waals surface area contributed by atoms with Gasteiger partial charge in [0.25, 0.3) is 5.88 Å². The zero-order valence-corrected chi connectivity index (χ0v) is 14.8. The summed E-state index contributed by atoms with van der Waals surface area (Å²) in [6.07, 6.45) is -4.58. The van der Waals surface area contributed by atoms with E-state index < -0.39 is 23.8 Å². The Morgan fingerprint density at radius 2 is 1.86 bits per heavy atom. The first-order valence-corrected chi connectivity index (χ1v) is 8.44. The molecular formula is C17H14F3N5O4. The van der Waals surface area contributed by atoms with Gasteiger partial charge in [-0.3, -0.25) is 0 Å². The van der Waals surface area contributed by atoms with Crippen LogP contribution in [0.5, 0.6) is 5.88 Å². The summed E-state index contributed by atoms with van der Waals surface area (Å²) < 4.78 is 46.0. The van der Waals surface area contributed by atoms with E-state index in [1.54, 1.807) is 12.1 Å². The van der Waals surface area contributed by atoms with Crippen LogP contribution in [-0.4, -0.2) is 52.7 Å². The smallest absolute Gasteiger partial charge is 0.471 e. The Morgan fingerprint density at radius 1 is 1.21 bits per heavy atom. The predicted octanol–water partition coefficient (Wildman–Crippen LogP) is 1.97. The number of benzene rings is 1. The molecule has 0 amide bonds. The van der Waals surface area contributed by atoms with Gasteiger partial charge >= 0.3 is 18.1 Å². The highest BCUT2D eigenvalue weighted by Gasteiger charge is 2.43. The van der Waals surface area contributed by atoms with Crippen molar-refractivity contribution in [2.45, 2.75) is 25.1 Å². The van der Waals surface area contributed by atoms with Crippen molar-refractivity contribution >= 4 is 17.6 Å². The van der Waals surface area contributed by atoms with Crippen LogP contribution >= 0.6 is 0 Å².